The molecular formula is C15H24O3. The lowest BCUT2D eigenvalue weighted by Crippen LogP contribution is -2.33. The summed E-state index contributed by atoms with van der Waals surface area (Å²) in [7, 11) is 0. The van der Waals surface area contributed by atoms with E-state index in [1.165, 1.54) is 5.56 Å². The zero-order chi connectivity index (χ0) is 13.4. The first kappa shape index (κ1) is 15.2. The zero-order valence-corrected chi connectivity index (χ0v) is 11.6. The minimum absolute atomic E-state index is 0.536. The quantitative estimate of drug-likeness (QED) is 0.723. The molecule has 0 aliphatic carbocycles. The summed E-state index contributed by atoms with van der Waals surface area (Å²) in [6, 6.07) is 8.30. The normalized spacial score (nSPS) is 12.9. The summed E-state index contributed by atoms with van der Waals surface area (Å²) in [6.45, 7) is 7.00. The maximum Gasteiger partial charge on any atom is 0.183 e. The van der Waals surface area contributed by atoms with Gasteiger partial charge in [0.05, 0.1) is 0 Å². The van der Waals surface area contributed by atoms with Gasteiger partial charge in [-0.05, 0) is 31.4 Å². The van der Waals surface area contributed by atoms with Crippen LogP contribution in [0.2, 0.25) is 0 Å². The fourth-order valence-electron chi connectivity index (χ4n) is 1.85. The number of aliphatic hydroxyl groups excluding tert-OH is 1. The van der Waals surface area contributed by atoms with Gasteiger partial charge in [0.1, 0.15) is 6.10 Å². The Morgan fingerprint density at radius 1 is 0.944 bits per heavy atom. The Morgan fingerprint density at radius 3 is 1.89 bits per heavy atom. The standard InChI is InChI=1S/C15H24O3/c1-4-12-7-9-13(10-8-12)11-14(16)15(17-5-2)18-6-3/h7-10,14-16H,4-6,11H2,1-3H3. The molecule has 0 saturated carbocycles. The Balaban J connectivity index is 2.57. The first-order chi connectivity index (χ1) is 8.71. The largest absolute Gasteiger partial charge is 0.387 e. The van der Waals surface area contributed by atoms with Gasteiger partial charge in [-0.1, -0.05) is 31.2 Å². The van der Waals surface area contributed by atoms with Gasteiger partial charge in [-0.15, -0.1) is 0 Å². The second-order valence-electron chi connectivity index (χ2n) is 4.22. The number of rotatable bonds is 8. The lowest BCUT2D eigenvalue weighted by molar-refractivity contribution is -0.188. The molecule has 0 fully saturated rings. The third kappa shape index (κ3) is 4.77. The Morgan fingerprint density at radius 2 is 1.44 bits per heavy atom. The molecule has 0 aromatic heterocycles. The molecule has 1 aromatic rings. The highest BCUT2D eigenvalue weighted by Gasteiger charge is 2.19. The third-order valence-electron chi connectivity index (χ3n) is 2.85. The molecule has 1 atom stereocenters. The molecule has 18 heavy (non-hydrogen) atoms. The number of hydrogen-bond acceptors (Lipinski definition) is 3. The van der Waals surface area contributed by atoms with Crippen molar-refractivity contribution in [3.8, 4) is 0 Å². The van der Waals surface area contributed by atoms with E-state index in [2.05, 4.69) is 31.2 Å². The van der Waals surface area contributed by atoms with Crippen molar-refractivity contribution in [3.63, 3.8) is 0 Å². The average Bonchev–Trinajstić information content (AvgIpc) is 2.39. The molecule has 102 valence electrons. The van der Waals surface area contributed by atoms with Gasteiger partial charge in [-0.2, -0.15) is 0 Å². The molecular weight excluding hydrogens is 228 g/mol. The second-order valence-corrected chi connectivity index (χ2v) is 4.22. The minimum Gasteiger partial charge on any atom is -0.387 e. The number of ether oxygens (including phenoxy) is 2. The Kier molecular flexibility index (Phi) is 6.94. The van der Waals surface area contributed by atoms with Crippen molar-refractivity contribution in [2.24, 2.45) is 0 Å². The second kappa shape index (κ2) is 8.25. The van der Waals surface area contributed by atoms with Crippen molar-refractivity contribution in [2.75, 3.05) is 13.2 Å². The smallest absolute Gasteiger partial charge is 0.183 e. The Bertz CT molecular complexity index is 315. The summed E-state index contributed by atoms with van der Waals surface area (Å²) in [4.78, 5) is 0. The lowest BCUT2D eigenvalue weighted by Gasteiger charge is -2.22. The molecule has 0 spiro atoms. The lowest BCUT2D eigenvalue weighted by atomic mass is 10.0. The fourth-order valence-corrected chi connectivity index (χ4v) is 1.85. The van der Waals surface area contributed by atoms with Crippen molar-refractivity contribution in [1.29, 1.82) is 0 Å². The number of hydrogen-bond donors (Lipinski definition) is 1. The van der Waals surface area contributed by atoms with Gasteiger partial charge in [0, 0.05) is 19.6 Å². The van der Waals surface area contributed by atoms with Gasteiger partial charge in [-0.25, -0.2) is 0 Å². The molecule has 0 radical (unpaired) electrons. The van der Waals surface area contributed by atoms with E-state index >= 15 is 0 Å². The van der Waals surface area contributed by atoms with Crippen LogP contribution in [0.25, 0.3) is 0 Å². The van der Waals surface area contributed by atoms with E-state index in [0.717, 1.165) is 12.0 Å². The van der Waals surface area contributed by atoms with Crippen LogP contribution in [0.4, 0.5) is 0 Å². The molecule has 0 aliphatic rings. The van der Waals surface area contributed by atoms with Gasteiger partial charge in [0.25, 0.3) is 0 Å². The van der Waals surface area contributed by atoms with E-state index in [0.29, 0.717) is 19.6 Å². The van der Waals surface area contributed by atoms with Crippen LogP contribution >= 0.6 is 0 Å². The topological polar surface area (TPSA) is 38.7 Å². The molecule has 0 amide bonds. The minimum atomic E-state index is -0.627. The van der Waals surface area contributed by atoms with Crippen LogP contribution in [0, 0.1) is 0 Å². The highest BCUT2D eigenvalue weighted by Crippen LogP contribution is 2.11. The van der Waals surface area contributed by atoms with Gasteiger partial charge in [0.2, 0.25) is 0 Å². The molecule has 1 N–H and O–H groups in total. The van der Waals surface area contributed by atoms with Crippen LogP contribution in [0.5, 0.6) is 0 Å². The van der Waals surface area contributed by atoms with E-state index in [9.17, 15) is 5.11 Å². The Labute approximate surface area is 110 Å². The summed E-state index contributed by atoms with van der Waals surface area (Å²) in [6.07, 6.45) is 0.418. The van der Waals surface area contributed by atoms with Crippen LogP contribution in [0.3, 0.4) is 0 Å². The number of aliphatic hydroxyl groups is 1. The van der Waals surface area contributed by atoms with Crippen LogP contribution in [0.1, 0.15) is 31.9 Å². The molecule has 3 nitrogen and oxygen atoms in total. The third-order valence-corrected chi connectivity index (χ3v) is 2.85. The van der Waals surface area contributed by atoms with Gasteiger partial charge in [-0.3, -0.25) is 0 Å². The summed E-state index contributed by atoms with van der Waals surface area (Å²) in [5.74, 6) is 0. The van der Waals surface area contributed by atoms with E-state index in [4.69, 9.17) is 9.47 Å². The van der Waals surface area contributed by atoms with Crippen molar-refractivity contribution in [1.82, 2.24) is 0 Å². The maximum absolute atomic E-state index is 10.1. The summed E-state index contributed by atoms with van der Waals surface area (Å²) < 4.78 is 10.8. The first-order valence-electron chi connectivity index (χ1n) is 6.70. The fraction of sp³-hybridized carbons (Fsp3) is 0.600. The van der Waals surface area contributed by atoms with Crippen molar-refractivity contribution < 1.29 is 14.6 Å². The summed E-state index contributed by atoms with van der Waals surface area (Å²) in [5.41, 5.74) is 2.41. The van der Waals surface area contributed by atoms with Crippen molar-refractivity contribution in [3.05, 3.63) is 35.4 Å². The van der Waals surface area contributed by atoms with Crippen molar-refractivity contribution >= 4 is 0 Å². The summed E-state index contributed by atoms with van der Waals surface area (Å²) >= 11 is 0. The Hall–Kier alpha value is -0.900. The molecule has 0 bridgehead atoms. The van der Waals surface area contributed by atoms with Crippen molar-refractivity contribution in [2.45, 2.75) is 46.0 Å². The highest BCUT2D eigenvalue weighted by molar-refractivity contribution is 5.23. The molecule has 3 heteroatoms. The molecule has 1 unspecified atom stereocenters. The van der Waals surface area contributed by atoms with Gasteiger partial charge in [0.15, 0.2) is 6.29 Å². The molecule has 0 aliphatic heterocycles. The van der Waals surface area contributed by atoms with Crippen LogP contribution in [-0.2, 0) is 22.3 Å². The maximum atomic E-state index is 10.1. The molecule has 0 heterocycles. The van der Waals surface area contributed by atoms with Crippen LogP contribution < -0.4 is 0 Å². The van der Waals surface area contributed by atoms with E-state index < -0.39 is 12.4 Å². The summed E-state index contributed by atoms with van der Waals surface area (Å²) in [5, 5.41) is 10.1. The van der Waals surface area contributed by atoms with E-state index in [1.54, 1.807) is 0 Å². The molecule has 1 rings (SSSR count). The predicted molar refractivity (Wildman–Crippen MR) is 72.6 cm³/mol. The van der Waals surface area contributed by atoms with Gasteiger partial charge >= 0.3 is 0 Å². The number of benzene rings is 1. The average molecular weight is 252 g/mol. The predicted octanol–water partition coefficient (Wildman–Crippen LogP) is 2.55. The first-order valence-corrected chi connectivity index (χ1v) is 6.70. The SMILES string of the molecule is CCOC(OCC)C(O)Cc1ccc(CC)cc1. The van der Waals surface area contributed by atoms with Crippen LogP contribution in [-0.4, -0.2) is 30.7 Å². The van der Waals surface area contributed by atoms with Crippen LogP contribution in [0.15, 0.2) is 24.3 Å². The van der Waals surface area contributed by atoms with E-state index in [1.807, 2.05) is 13.8 Å². The monoisotopic (exact) mass is 252 g/mol. The molecule has 0 saturated heterocycles. The number of aryl methyl sites for hydroxylation is 1. The molecule has 1 aromatic carbocycles. The highest BCUT2D eigenvalue weighted by atomic mass is 16.7. The van der Waals surface area contributed by atoms with Gasteiger partial charge < -0.3 is 14.6 Å². The van der Waals surface area contributed by atoms with E-state index in [-0.39, 0.29) is 0 Å². The zero-order valence-electron chi connectivity index (χ0n) is 11.6.